The van der Waals surface area contributed by atoms with E-state index in [0.717, 1.165) is 5.01 Å². The lowest BCUT2D eigenvalue weighted by Gasteiger charge is -2.34. The molecule has 0 bridgehead atoms. The van der Waals surface area contributed by atoms with Crippen molar-refractivity contribution in [2.24, 2.45) is 11.0 Å². The molecular formula is C15H17ClN2O4. The van der Waals surface area contributed by atoms with E-state index >= 15 is 0 Å². The molecule has 1 aliphatic heterocycles. The van der Waals surface area contributed by atoms with Gasteiger partial charge in [0.1, 0.15) is 0 Å². The maximum atomic E-state index is 12.6. The number of halogens is 1. The number of nitrogens with zero attached hydrogens (tertiary/aromatic N) is 2. The van der Waals surface area contributed by atoms with Crippen LogP contribution in [0, 0.1) is 5.92 Å². The first-order valence-corrected chi connectivity index (χ1v) is 7.15. The summed E-state index contributed by atoms with van der Waals surface area (Å²) in [6.45, 7) is 3.50. The first-order chi connectivity index (χ1) is 10.3. The van der Waals surface area contributed by atoms with Crippen LogP contribution in [0.25, 0.3) is 0 Å². The molecule has 0 saturated heterocycles. The molecule has 0 radical (unpaired) electrons. The number of hydrazone groups is 1. The molecular weight excluding hydrogens is 308 g/mol. The first kappa shape index (κ1) is 16.5. The Kier molecular flexibility index (Phi) is 4.53. The first-order valence-electron chi connectivity index (χ1n) is 6.78. The Balaban J connectivity index is 2.39. The van der Waals surface area contributed by atoms with Crippen LogP contribution in [0.2, 0.25) is 5.02 Å². The number of methoxy groups -OCH3 is 1. The molecule has 0 spiro atoms. The van der Waals surface area contributed by atoms with Gasteiger partial charge in [-0.25, -0.2) is 4.79 Å². The summed E-state index contributed by atoms with van der Waals surface area (Å²) in [4.78, 5) is 24.3. The summed E-state index contributed by atoms with van der Waals surface area (Å²) in [6, 6.07) is 6.22. The molecule has 22 heavy (non-hydrogen) atoms. The molecule has 0 aliphatic carbocycles. The van der Waals surface area contributed by atoms with E-state index in [0.29, 0.717) is 10.6 Å². The van der Waals surface area contributed by atoms with Crippen LogP contribution in [-0.4, -0.2) is 40.5 Å². The lowest BCUT2D eigenvalue weighted by molar-refractivity contribution is -0.133. The van der Waals surface area contributed by atoms with E-state index < -0.39 is 17.6 Å². The second kappa shape index (κ2) is 6.06. The number of hydrogen-bond acceptors (Lipinski definition) is 5. The van der Waals surface area contributed by atoms with Gasteiger partial charge in [0.25, 0.3) is 5.91 Å². The third kappa shape index (κ3) is 2.84. The minimum atomic E-state index is -1.57. The Morgan fingerprint density at radius 3 is 2.45 bits per heavy atom. The number of aliphatic hydroxyl groups is 1. The standard InChI is InChI=1S/C15H17ClN2O4/c1-9(2)15(21)8-12(14(20)22-3)17-18(15)13(19)10-4-6-11(16)7-5-10/h4-7,9,21H,8H2,1-3H3/t15-/m0/s1. The highest BCUT2D eigenvalue weighted by Crippen LogP contribution is 2.34. The van der Waals surface area contributed by atoms with E-state index in [1.807, 2.05) is 0 Å². The fraction of sp³-hybridized carbons (Fsp3) is 0.400. The minimum Gasteiger partial charge on any atom is -0.464 e. The Morgan fingerprint density at radius 1 is 1.36 bits per heavy atom. The highest BCUT2D eigenvalue weighted by molar-refractivity contribution is 6.37. The van der Waals surface area contributed by atoms with Gasteiger partial charge in [0, 0.05) is 22.9 Å². The van der Waals surface area contributed by atoms with Crippen LogP contribution in [0.15, 0.2) is 29.4 Å². The number of esters is 1. The average molecular weight is 325 g/mol. The van der Waals surface area contributed by atoms with Gasteiger partial charge in [0.15, 0.2) is 11.4 Å². The SMILES string of the molecule is COC(=O)C1=NN(C(=O)c2ccc(Cl)cc2)[C@@](O)(C(C)C)C1. The number of carbonyl (C=O) groups is 2. The van der Waals surface area contributed by atoms with Crippen LogP contribution in [0.5, 0.6) is 0 Å². The molecule has 0 fully saturated rings. The van der Waals surface area contributed by atoms with Crippen molar-refractivity contribution in [3.05, 3.63) is 34.9 Å². The van der Waals surface area contributed by atoms with Gasteiger partial charge >= 0.3 is 5.97 Å². The Morgan fingerprint density at radius 2 is 1.95 bits per heavy atom. The Labute approximate surface area is 133 Å². The van der Waals surface area contributed by atoms with E-state index in [1.54, 1.807) is 26.0 Å². The van der Waals surface area contributed by atoms with Gasteiger partial charge in [-0.1, -0.05) is 25.4 Å². The van der Waals surface area contributed by atoms with Crippen molar-refractivity contribution in [3.8, 4) is 0 Å². The van der Waals surface area contributed by atoms with Crippen LogP contribution < -0.4 is 0 Å². The minimum absolute atomic E-state index is 0.0148. The quantitative estimate of drug-likeness (QED) is 0.863. The number of rotatable bonds is 3. The van der Waals surface area contributed by atoms with Crippen LogP contribution >= 0.6 is 11.6 Å². The molecule has 6 nitrogen and oxygen atoms in total. The summed E-state index contributed by atoms with van der Waals surface area (Å²) >= 11 is 5.80. The normalized spacial score (nSPS) is 21.0. The largest absolute Gasteiger partial charge is 0.464 e. The van der Waals surface area contributed by atoms with Crippen molar-refractivity contribution in [1.29, 1.82) is 0 Å². The third-order valence-corrected chi connectivity index (χ3v) is 3.90. The predicted octanol–water partition coefficient (Wildman–Crippen LogP) is 2.06. The Bertz CT molecular complexity index is 627. The van der Waals surface area contributed by atoms with E-state index in [9.17, 15) is 14.7 Å². The van der Waals surface area contributed by atoms with Gasteiger partial charge in [0.05, 0.1) is 7.11 Å². The van der Waals surface area contributed by atoms with Crippen LogP contribution in [0.3, 0.4) is 0 Å². The van der Waals surface area contributed by atoms with Gasteiger partial charge in [-0.3, -0.25) is 4.79 Å². The molecule has 1 heterocycles. The van der Waals surface area contributed by atoms with Gasteiger partial charge < -0.3 is 9.84 Å². The fourth-order valence-electron chi connectivity index (χ4n) is 2.18. The lowest BCUT2D eigenvalue weighted by atomic mass is 9.94. The number of benzene rings is 1. The van der Waals surface area contributed by atoms with E-state index in [2.05, 4.69) is 9.84 Å². The molecule has 1 aromatic carbocycles. The number of amides is 1. The van der Waals surface area contributed by atoms with E-state index in [1.165, 1.54) is 19.2 Å². The van der Waals surface area contributed by atoms with Crippen molar-refractivity contribution >= 4 is 29.2 Å². The van der Waals surface area contributed by atoms with Crippen LogP contribution in [0.1, 0.15) is 30.6 Å². The molecule has 118 valence electrons. The zero-order valence-corrected chi connectivity index (χ0v) is 13.3. The maximum Gasteiger partial charge on any atom is 0.354 e. The predicted molar refractivity (Wildman–Crippen MR) is 81.5 cm³/mol. The molecule has 0 unspecified atom stereocenters. The summed E-state index contributed by atoms with van der Waals surface area (Å²) in [7, 11) is 1.23. The third-order valence-electron chi connectivity index (χ3n) is 3.64. The van der Waals surface area contributed by atoms with Gasteiger partial charge in [-0.05, 0) is 24.3 Å². The van der Waals surface area contributed by atoms with Crippen molar-refractivity contribution in [1.82, 2.24) is 5.01 Å². The summed E-state index contributed by atoms with van der Waals surface area (Å²) in [5.41, 5.74) is -1.24. The van der Waals surface area contributed by atoms with Gasteiger partial charge in [-0.2, -0.15) is 10.1 Å². The second-order valence-corrected chi connectivity index (χ2v) is 5.81. The summed E-state index contributed by atoms with van der Waals surface area (Å²) in [5, 5.41) is 16.2. The molecule has 7 heteroatoms. The highest BCUT2D eigenvalue weighted by Gasteiger charge is 2.48. The van der Waals surface area contributed by atoms with Crippen molar-refractivity contribution < 1.29 is 19.4 Å². The molecule has 1 atom stereocenters. The second-order valence-electron chi connectivity index (χ2n) is 5.37. The molecule has 1 aromatic rings. The highest BCUT2D eigenvalue weighted by atomic mass is 35.5. The fourth-order valence-corrected chi connectivity index (χ4v) is 2.31. The summed E-state index contributed by atoms with van der Waals surface area (Å²) < 4.78 is 4.62. The topological polar surface area (TPSA) is 79.2 Å². The zero-order valence-electron chi connectivity index (χ0n) is 12.5. The Hall–Kier alpha value is -1.92. The number of carbonyl (C=O) groups excluding carboxylic acids is 2. The van der Waals surface area contributed by atoms with Gasteiger partial charge in [0.2, 0.25) is 0 Å². The van der Waals surface area contributed by atoms with Crippen LogP contribution in [-0.2, 0) is 9.53 Å². The lowest BCUT2D eigenvalue weighted by Crippen LogP contribution is -2.50. The van der Waals surface area contributed by atoms with Crippen molar-refractivity contribution in [3.63, 3.8) is 0 Å². The number of ether oxygens (including phenoxy) is 1. The number of hydrogen-bond donors (Lipinski definition) is 1. The maximum absolute atomic E-state index is 12.6. The zero-order chi connectivity index (χ0) is 16.5. The van der Waals surface area contributed by atoms with Crippen molar-refractivity contribution in [2.45, 2.75) is 26.0 Å². The smallest absolute Gasteiger partial charge is 0.354 e. The van der Waals surface area contributed by atoms with E-state index in [4.69, 9.17) is 11.6 Å². The molecule has 0 aromatic heterocycles. The van der Waals surface area contributed by atoms with Crippen molar-refractivity contribution in [2.75, 3.05) is 7.11 Å². The summed E-state index contributed by atoms with van der Waals surface area (Å²) in [5.74, 6) is -1.49. The molecule has 2 rings (SSSR count). The molecule has 1 amide bonds. The average Bonchev–Trinajstić information content (AvgIpc) is 2.86. The molecule has 0 saturated carbocycles. The van der Waals surface area contributed by atoms with Crippen LogP contribution in [0.4, 0.5) is 0 Å². The van der Waals surface area contributed by atoms with Gasteiger partial charge in [-0.15, -0.1) is 0 Å². The summed E-state index contributed by atoms with van der Waals surface area (Å²) in [6.07, 6.45) is -0.0727. The monoisotopic (exact) mass is 324 g/mol. The van der Waals surface area contributed by atoms with E-state index in [-0.39, 0.29) is 18.1 Å². The molecule has 1 N–H and O–H groups in total. The molecule has 1 aliphatic rings.